The first kappa shape index (κ1) is 17.3. The quantitative estimate of drug-likeness (QED) is 0.583. The number of anilines is 1. The van der Waals surface area contributed by atoms with Crippen LogP contribution in [0.25, 0.3) is 0 Å². The fraction of sp³-hybridized carbons (Fsp3) is 0.467. The van der Waals surface area contributed by atoms with Gasteiger partial charge in [0.05, 0.1) is 5.69 Å². The molecule has 1 fully saturated rings. The molecule has 0 heterocycles. The molecule has 2 atom stereocenters. The zero-order valence-electron chi connectivity index (χ0n) is 12.2. The molecule has 3 N–H and O–H groups in total. The zero-order valence-corrected chi connectivity index (χ0v) is 12.2. The van der Waals surface area contributed by atoms with E-state index in [9.17, 15) is 27.9 Å². The fourth-order valence-corrected chi connectivity index (χ4v) is 2.65. The highest BCUT2D eigenvalue weighted by molar-refractivity contribution is 6.39. The van der Waals surface area contributed by atoms with Crippen molar-refractivity contribution in [3.8, 4) is 0 Å². The van der Waals surface area contributed by atoms with Crippen LogP contribution in [-0.2, 0) is 9.59 Å². The Bertz CT molecular complexity index is 610. The number of aliphatic hydroxyl groups excluding tert-OH is 1. The molecule has 1 aliphatic carbocycles. The highest BCUT2D eigenvalue weighted by atomic mass is 19.2. The summed E-state index contributed by atoms with van der Waals surface area (Å²) in [5.74, 6) is -6.25. The Balaban J connectivity index is 2.00. The number of rotatable bonds is 3. The molecule has 8 heteroatoms. The van der Waals surface area contributed by atoms with Crippen molar-refractivity contribution in [3.63, 3.8) is 0 Å². The lowest BCUT2D eigenvalue weighted by Gasteiger charge is -2.30. The number of carbonyl (C=O) groups excluding carboxylic acids is 2. The van der Waals surface area contributed by atoms with Crippen molar-refractivity contribution in [1.29, 1.82) is 0 Å². The van der Waals surface area contributed by atoms with E-state index in [0.29, 0.717) is 12.5 Å². The molecule has 0 bridgehead atoms. The van der Waals surface area contributed by atoms with Crippen molar-refractivity contribution in [2.45, 2.75) is 31.7 Å². The third kappa shape index (κ3) is 4.22. The molecule has 2 amide bonds. The first-order valence-electron chi connectivity index (χ1n) is 7.29. The van der Waals surface area contributed by atoms with Gasteiger partial charge in [-0.2, -0.15) is 0 Å². The molecule has 1 aromatic carbocycles. The van der Waals surface area contributed by atoms with Gasteiger partial charge in [0.15, 0.2) is 11.6 Å². The van der Waals surface area contributed by atoms with E-state index in [4.69, 9.17) is 0 Å². The van der Waals surface area contributed by atoms with E-state index < -0.39 is 35.0 Å². The summed E-state index contributed by atoms with van der Waals surface area (Å²) in [6, 6.07) is 0.403. The lowest BCUT2D eigenvalue weighted by Crippen LogP contribution is -2.47. The number of hydrogen-bond donors (Lipinski definition) is 3. The van der Waals surface area contributed by atoms with E-state index in [1.165, 1.54) is 0 Å². The van der Waals surface area contributed by atoms with Gasteiger partial charge in [-0.1, -0.05) is 12.8 Å². The Kier molecular flexibility index (Phi) is 5.59. The molecule has 2 unspecified atom stereocenters. The Labute approximate surface area is 130 Å². The molecule has 0 aromatic heterocycles. The largest absolute Gasteiger partial charge is 0.396 e. The minimum Gasteiger partial charge on any atom is -0.396 e. The normalized spacial score (nSPS) is 20.9. The number of carbonyl (C=O) groups is 2. The molecule has 1 aliphatic rings. The zero-order chi connectivity index (χ0) is 17.0. The van der Waals surface area contributed by atoms with Crippen LogP contribution >= 0.6 is 0 Å². The van der Waals surface area contributed by atoms with Gasteiger partial charge >= 0.3 is 11.8 Å². The third-order valence-corrected chi connectivity index (χ3v) is 3.92. The average molecular weight is 330 g/mol. The van der Waals surface area contributed by atoms with E-state index >= 15 is 0 Å². The topological polar surface area (TPSA) is 78.4 Å². The minimum atomic E-state index is -1.39. The molecule has 0 spiro atoms. The predicted molar refractivity (Wildman–Crippen MR) is 75.9 cm³/mol. The number of halogens is 3. The maximum Gasteiger partial charge on any atom is 0.313 e. The van der Waals surface area contributed by atoms with E-state index in [2.05, 4.69) is 5.32 Å². The molecule has 0 radical (unpaired) electrons. The maximum atomic E-state index is 13.4. The monoisotopic (exact) mass is 330 g/mol. The van der Waals surface area contributed by atoms with Crippen molar-refractivity contribution < 1.29 is 27.9 Å². The summed E-state index contributed by atoms with van der Waals surface area (Å²) in [7, 11) is 0. The Morgan fingerprint density at radius 2 is 1.70 bits per heavy atom. The second-order valence-corrected chi connectivity index (χ2v) is 5.51. The molecular weight excluding hydrogens is 313 g/mol. The van der Waals surface area contributed by atoms with Gasteiger partial charge in [-0.3, -0.25) is 9.59 Å². The Morgan fingerprint density at radius 1 is 1.04 bits per heavy atom. The van der Waals surface area contributed by atoms with Crippen LogP contribution in [0.4, 0.5) is 18.9 Å². The summed E-state index contributed by atoms with van der Waals surface area (Å²) < 4.78 is 39.3. The Morgan fingerprint density at radius 3 is 2.39 bits per heavy atom. The molecule has 0 saturated heterocycles. The SMILES string of the molecule is O=C(Nc1cc(F)c(F)cc1F)C(=O)NC1CCCCC1CO. The molecule has 126 valence electrons. The average Bonchev–Trinajstić information content (AvgIpc) is 2.53. The van der Waals surface area contributed by atoms with Crippen LogP contribution in [0.3, 0.4) is 0 Å². The van der Waals surface area contributed by atoms with Gasteiger partial charge in [0, 0.05) is 30.7 Å². The van der Waals surface area contributed by atoms with Crippen molar-refractivity contribution in [2.75, 3.05) is 11.9 Å². The van der Waals surface area contributed by atoms with Crippen LogP contribution in [-0.4, -0.2) is 29.6 Å². The van der Waals surface area contributed by atoms with E-state index in [0.717, 1.165) is 19.3 Å². The fourth-order valence-electron chi connectivity index (χ4n) is 2.65. The number of amides is 2. The van der Waals surface area contributed by atoms with Gasteiger partial charge in [0.1, 0.15) is 5.82 Å². The second kappa shape index (κ2) is 7.45. The molecular formula is C15H17F3N2O3. The van der Waals surface area contributed by atoms with Crippen molar-refractivity contribution in [1.82, 2.24) is 5.32 Å². The molecule has 0 aliphatic heterocycles. The van der Waals surface area contributed by atoms with Crippen molar-refractivity contribution in [3.05, 3.63) is 29.6 Å². The first-order chi connectivity index (χ1) is 10.9. The molecule has 2 rings (SSSR count). The number of benzene rings is 1. The summed E-state index contributed by atoms with van der Waals surface area (Å²) in [4.78, 5) is 23.6. The molecule has 5 nitrogen and oxygen atoms in total. The van der Waals surface area contributed by atoms with Gasteiger partial charge in [-0.25, -0.2) is 13.2 Å². The van der Waals surface area contributed by atoms with Gasteiger partial charge < -0.3 is 15.7 Å². The van der Waals surface area contributed by atoms with Crippen LogP contribution in [0.1, 0.15) is 25.7 Å². The van der Waals surface area contributed by atoms with Crippen LogP contribution in [0.5, 0.6) is 0 Å². The van der Waals surface area contributed by atoms with Crippen molar-refractivity contribution >= 4 is 17.5 Å². The van der Waals surface area contributed by atoms with Crippen molar-refractivity contribution in [2.24, 2.45) is 5.92 Å². The molecule has 1 saturated carbocycles. The summed E-state index contributed by atoms with van der Waals surface area (Å²) in [5.41, 5.74) is -0.619. The number of aliphatic hydroxyl groups is 1. The summed E-state index contributed by atoms with van der Waals surface area (Å²) >= 11 is 0. The summed E-state index contributed by atoms with van der Waals surface area (Å²) in [5, 5.41) is 13.7. The smallest absolute Gasteiger partial charge is 0.313 e. The van der Waals surface area contributed by atoms with Crippen LogP contribution in [0.2, 0.25) is 0 Å². The summed E-state index contributed by atoms with van der Waals surface area (Å²) in [6.07, 6.45) is 3.16. The van der Waals surface area contributed by atoms with Gasteiger partial charge in [0.2, 0.25) is 0 Å². The van der Waals surface area contributed by atoms with Crippen LogP contribution in [0.15, 0.2) is 12.1 Å². The molecule has 23 heavy (non-hydrogen) atoms. The van der Waals surface area contributed by atoms with Crippen LogP contribution < -0.4 is 10.6 Å². The number of nitrogens with one attached hydrogen (secondary N) is 2. The van der Waals surface area contributed by atoms with E-state index in [-0.39, 0.29) is 24.6 Å². The lowest BCUT2D eigenvalue weighted by atomic mass is 9.85. The summed E-state index contributed by atoms with van der Waals surface area (Å²) in [6.45, 7) is -0.107. The van der Waals surface area contributed by atoms with Gasteiger partial charge in [0.25, 0.3) is 0 Å². The standard InChI is InChI=1S/C15H17F3N2O3/c16-9-5-11(18)13(6-10(9)17)20-15(23)14(22)19-12-4-2-1-3-8(12)7-21/h5-6,8,12,21H,1-4,7H2,(H,19,22)(H,20,23). The molecule has 1 aromatic rings. The van der Waals surface area contributed by atoms with E-state index in [1.807, 2.05) is 5.32 Å². The van der Waals surface area contributed by atoms with Gasteiger partial charge in [-0.05, 0) is 12.8 Å². The highest BCUT2D eigenvalue weighted by Crippen LogP contribution is 2.24. The van der Waals surface area contributed by atoms with Gasteiger partial charge in [-0.15, -0.1) is 0 Å². The first-order valence-corrected chi connectivity index (χ1v) is 7.29. The van der Waals surface area contributed by atoms with Crippen LogP contribution in [0, 0.1) is 23.4 Å². The Hall–Kier alpha value is -2.09. The second-order valence-electron chi connectivity index (χ2n) is 5.51. The predicted octanol–water partition coefficient (Wildman–Crippen LogP) is 1.71. The lowest BCUT2D eigenvalue weighted by molar-refractivity contribution is -0.137. The van der Waals surface area contributed by atoms with E-state index in [1.54, 1.807) is 0 Å². The maximum absolute atomic E-state index is 13.4. The highest BCUT2D eigenvalue weighted by Gasteiger charge is 2.28. The third-order valence-electron chi connectivity index (χ3n) is 3.92. The number of hydrogen-bond acceptors (Lipinski definition) is 3. The minimum absolute atomic E-state index is 0.107.